The zero-order valence-electron chi connectivity index (χ0n) is 13.4. The van der Waals surface area contributed by atoms with Crippen LogP contribution in [0.5, 0.6) is 0 Å². The van der Waals surface area contributed by atoms with Crippen LogP contribution in [-0.2, 0) is 4.79 Å². The lowest BCUT2D eigenvalue weighted by molar-refractivity contribution is -0.127. The largest absolute Gasteiger partial charge is 0.342 e. The maximum atomic E-state index is 12.2. The zero-order valence-corrected chi connectivity index (χ0v) is 15.8. The van der Waals surface area contributed by atoms with Crippen LogP contribution in [-0.4, -0.2) is 49.5 Å². The number of amides is 1. The minimum Gasteiger partial charge on any atom is -0.342 e. The number of benzene rings is 1. The Labute approximate surface area is 157 Å². The van der Waals surface area contributed by atoms with E-state index in [1.807, 2.05) is 41.3 Å². The van der Waals surface area contributed by atoms with E-state index in [-0.39, 0.29) is 5.91 Å². The van der Waals surface area contributed by atoms with Crippen LogP contribution in [0.1, 0.15) is 12.8 Å². The van der Waals surface area contributed by atoms with Crippen molar-refractivity contribution < 1.29 is 4.79 Å². The third-order valence-corrected chi connectivity index (χ3v) is 5.59. The van der Waals surface area contributed by atoms with E-state index in [1.165, 1.54) is 11.8 Å². The van der Waals surface area contributed by atoms with Gasteiger partial charge in [-0.25, -0.2) is 0 Å². The van der Waals surface area contributed by atoms with Gasteiger partial charge in [0.1, 0.15) is 0 Å². The molecular weight excluding hydrogens is 402 g/mol. The molecule has 2 aromatic heterocycles. The van der Waals surface area contributed by atoms with Crippen molar-refractivity contribution >= 4 is 39.2 Å². The van der Waals surface area contributed by atoms with Gasteiger partial charge in [0.15, 0.2) is 5.65 Å². The minimum absolute atomic E-state index is 0.156. The number of carbonyl (C=O) groups is 1. The third kappa shape index (κ3) is 3.55. The highest BCUT2D eigenvalue weighted by Gasteiger charge is 2.19. The average Bonchev–Trinajstić information content (AvgIpc) is 3.30. The Kier molecular flexibility index (Phi) is 4.72. The summed E-state index contributed by atoms with van der Waals surface area (Å²) in [5.41, 5.74) is 2.53. The molecule has 1 aliphatic heterocycles. The average molecular weight is 418 g/mol. The molecule has 3 aromatic rings. The summed E-state index contributed by atoms with van der Waals surface area (Å²) in [7, 11) is 0. The lowest BCUT2D eigenvalue weighted by atomic mass is 10.1. The van der Waals surface area contributed by atoms with E-state index in [4.69, 9.17) is 0 Å². The molecule has 1 saturated heterocycles. The lowest BCUT2D eigenvalue weighted by Gasteiger charge is -2.14. The first-order valence-corrected chi connectivity index (χ1v) is 9.87. The van der Waals surface area contributed by atoms with Gasteiger partial charge in [0, 0.05) is 23.1 Å². The Morgan fingerprint density at radius 2 is 1.84 bits per heavy atom. The highest BCUT2D eigenvalue weighted by atomic mass is 79.9. The first-order valence-electron chi connectivity index (χ1n) is 8.10. The van der Waals surface area contributed by atoms with Crippen molar-refractivity contribution in [1.82, 2.24) is 24.7 Å². The summed E-state index contributed by atoms with van der Waals surface area (Å²) < 4.78 is 2.73. The Morgan fingerprint density at radius 1 is 1.08 bits per heavy atom. The number of likely N-dealkylation sites (tertiary alicyclic amines) is 1. The first-order chi connectivity index (χ1) is 12.2. The van der Waals surface area contributed by atoms with Crippen LogP contribution in [0.15, 0.2) is 46.0 Å². The summed E-state index contributed by atoms with van der Waals surface area (Å²) >= 11 is 4.83. The fourth-order valence-corrected chi connectivity index (χ4v) is 3.87. The number of halogens is 1. The smallest absolute Gasteiger partial charge is 0.233 e. The highest BCUT2D eigenvalue weighted by Crippen LogP contribution is 2.22. The maximum absolute atomic E-state index is 12.2. The minimum atomic E-state index is 0.156. The van der Waals surface area contributed by atoms with Gasteiger partial charge in [-0.1, -0.05) is 39.8 Å². The van der Waals surface area contributed by atoms with Crippen molar-refractivity contribution in [3.8, 4) is 11.3 Å². The molecular formula is C17H16BrN5OS. The Balaban J connectivity index is 1.56. The molecule has 1 fully saturated rings. The molecule has 1 aliphatic rings. The van der Waals surface area contributed by atoms with E-state index >= 15 is 0 Å². The van der Waals surface area contributed by atoms with Gasteiger partial charge in [-0.15, -0.1) is 10.2 Å². The fourth-order valence-electron chi connectivity index (χ4n) is 2.82. The predicted octanol–water partition coefficient (Wildman–Crippen LogP) is 3.27. The molecule has 25 heavy (non-hydrogen) atoms. The molecule has 128 valence electrons. The summed E-state index contributed by atoms with van der Waals surface area (Å²) in [5.74, 6) is 0.522. The van der Waals surface area contributed by atoms with Gasteiger partial charge < -0.3 is 4.90 Å². The summed E-state index contributed by atoms with van der Waals surface area (Å²) in [6.45, 7) is 1.73. The molecule has 1 aromatic carbocycles. The number of nitrogens with zero attached hydrogens (tertiary/aromatic N) is 5. The number of aromatic nitrogens is 4. The van der Waals surface area contributed by atoms with Crippen LogP contribution >= 0.6 is 27.7 Å². The SMILES string of the molecule is O=C(CSc1nnc2ccc(-c3ccc(Br)cc3)nn12)N1CCCC1. The second kappa shape index (κ2) is 7.13. The topological polar surface area (TPSA) is 63.4 Å². The monoisotopic (exact) mass is 417 g/mol. The van der Waals surface area contributed by atoms with E-state index in [1.54, 1.807) is 4.52 Å². The third-order valence-electron chi connectivity index (χ3n) is 4.16. The first kappa shape index (κ1) is 16.5. The van der Waals surface area contributed by atoms with Crippen LogP contribution in [0.3, 0.4) is 0 Å². The maximum Gasteiger partial charge on any atom is 0.233 e. The predicted molar refractivity (Wildman–Crippen MR) is 100 cm³/mol. The molecule has 4 rings (SSSR count). The molecule has 1 amide bonds. The van der Waals surface area contributed by atoms with Gasteiger partial charge in [0.05, 0.1) is 11.4 Å². The number of hydrogen-bond acceptors (Lipinski definition) is 5. The summed E-state index contributed by atoms with van der Waals surface area (Å²) in [6, 6.07) is 11.8. The Morgan fingerprint density at radius 3 is 2.60 bits per heavy atom. The van der Waals surface area contributed by atoms with Crippen LogP contribution in [0, 0.1) is 0 Å². The molecule has 0 radical (unpaired) electrons. The zero-order chi connectivity index (χ0) is 17.2. The van der Waals surface area contributed by atoms with Crippen molar-refractivity contribution in [2.45, 2.75) is 18.0 Å². The Bertz CT molecular complexity index is 905. The lowest BCUT2D eigenvalue weighted by Crippen LogP contribution is -2.29. The quantitative estimate of drug-likeness (QED) is 0.609. The second-order valence-electron chi connectivity index (χ2n) is 5.85. The van der Waals surface area contributed by atoms with Crippen LogP contribution < -0.4 is 0 Å². The number of hydrogen-bond donors (Lipinski definition) is 0. The molecule has 0 unspecified atom stereocenters. The van der Waals surface area contributed by atoms with Gasteiger partial charge in [-0.3, -0.25) is 4.79 Å². The van der Waals surface area contributed by atoms with Gasteiger partial charge >= 0.3 is 0 Å². The molecule has 0 saturated carbocycles. The summed E-state index contributed by atoms with van der Waals surface area (Å²) in [6.07, 6.45) is 2.20. The second-order valence-corrected chi connectivity index (χ2v) is 7.71. The van der Waals surface area contributed by atoms with Gasteiger partial charge in [-0.05, 0) is 37.1 Å². The Hall–Kier alpha value is -1.93. The molecule has 0 aliphatic carbocycles. The molecule has 0 N–H and O–H groups in total. The van der Waals surface area contributed by atoms with Gasteiger partial charge in [-0.2, -0.15) is 9.61 Å². The number of thioether (sulfide) groups is 1. The number of carbonyl (C=O) groups excluding carboxylic acids is 1. The van der Waals surface area contributed by atoms with Crippen molar-refractivity contribution in [2.75, 3.05) is 18.8 Å². The van der Waals surface area contributed by atoms with Crippen LogP contribution in [0.2, 0.25) is 0 Å². The number of rotatable bonds is 4. The standard InChI is InChI=1S/C17H16BrN5OS/c18-13-5-3-12(4-6-13)14-7-8-15-19-20-17(23(15)21-14)25-11-16(24)22-9-1-2-10-22/h3-8H,1-2,9-11H2. The molecule has 6 nitrogen and oxygen atoms in total. The van der Waals surface area contributed by atoms with Crippen molar-refractivity contribution in [2.24, 2.45) is 0 Å². The van der Waals surface area contributed by atoms with E-state index in [9.17, 15) is 4.79 Å². The van der Waals surface area contributed by atoms with Crippen molar-refractivity contribution in [1.29, 1.82) is 0 Å². The molecule has 0 atom stereocenters. The normalized spacial score (nSPS) is 14.4. The number of fused-ring (bicyclic) bond motifs is 1. The van der Waals surface area contributed by atoms with Crippen LogP contribution in [0.25, 0.3) is 16.9 Å². The van der Waals surface area contributed by atoms with E-state index in [0.29, 0.717) is 16.6 Å². The highest BCUT2D eigenvalue weighted by molar-refractivity contribution is 9.10. The van der Waals surface area contributed by atoms with Gasteiger partial charge in [0.25, 0.3) is 0 Å². The molecule has 3 heterocycles. The van der Waals surface area contributed by atoms with Crippen molar-refractivity contribution in [3.05, 3.63) is 40.9 Å². The fraction of sp³-hybridized carbons (Fsp3) is 0.294. The van der Waals surface area contributed by atoms with E-state index in [2.05, 4.69) is 31.2 Å². The van der Waals surface area contributed by atoms with Gasteiger partial charge in [0.2, 0.25) is 11.1 Å². The molecule has 0 bridgehead atoms. The van der Waals surface area contributed by atoms with E-state index in [0.717, 1.165) is 41.7 Å². The molecule has 0 spiro atoms. The van der Waals surface area contributed by atoms with E-state index < -0.39 is 0 Å². The summed E-state index contributed by atoms with van der Waals surface area (Å²) in [5, 5.41) is 13.6. The molecule has 8 heteroatoms. The van der Waals surface area contributed by atoms with Crippen molar-refractivity contribution in [3.63, 3.8) is 0 Å². The summed E-state index contributed by atoms with van der Waals surface area (Å²) in [4.78, 5) is 14.1. The van der Waals surface area contributed by atoms with Crippen LogP contribution in [0.4, 0.5) is 0 Å².